The molecule has 1 fully saturated rings. The second kappa shape index (κ2) is 6.90. The van der Waals surface area contributed by atoms with Crippen molar-refractivity contribution in [3.63, 3.8) is 0 Å². The molecule has 2 rings (SSSR count). The molecule has 0 spiro atoms. The van der Waals surface area contributed by atoms with Crippen molar-refractivity contribution >= 4 is 17.5 Å². The van der Waals surface area contributed by atoms with Crippen LogP contribution < -0.4 is 10.1 Å². The summed E-state index contributed by atoms with van der Waals surface area (Å²) in [6.07, 6.45) is 1.26. The number of benzene rings is 1. The van der Waals surface area contributed by atoms with E-state index in [-0.39, 0.29) is 30.0 Å². The van der Waals surface area contributed by atoms with Crippen LogP contribution in [-0.4, -0.2) is 43.6 Å². The van der Waals surface area contributed by atoms with Crippen LogP contribution in [0.3, 0.4) is 0 Å². The average molecular weight is 301 g/mol. The molecule has 1 amide bonds. The van der Waals surface area contributed by atoms with Gasteiger partial charge in [0.25, 0.3) is 0 Å². The van der Waals surface area contributed by atoms with Gasteiger partial charge in [-0.05, 0) is 31.2 Å². The lowest BCUT2D eigenvalue weighted by atomic mass is 10.2. The van der Waals surface area contributed by atoms with Gasteiger partial charge in [-0.15, -0.1) is 0 Å². The van der Waals surface area contributed by atoms with E-state index in [2.05, 4.69) is 5.32 Å². The highest BCUT2D eigenvalue weighted by atomic mass is 35.5. The van der Waals surface area contributed by atoms with Crippen LogP contribution in [0.1, 0.15) is 12.8 Å². The maximum atomic E-state index is 12.9. The maximum absolute atomic E-state index is 12.9. The molecule has 0 saturated carbocycles. The van der Waals surface area contributed by atoms with Crippen molar-refractivity contribution < 1.29 is 13.9 Å². The van der Waals surface area contributed by atoms with Gasteiger partial charge >= 0.3 is 0 Å². The molecule has 4 nitrogen and oxygen atoms in total. The SMILES string of the molecule is CN(C(=O)CCOc1ccc(F)cc1Cl)C1CCNC1. The molecule has 1 aromatic carbocycles. The molecule has 1 atom stereocenters. The minimum Gasteiger partial charge on any atom is -0.491 e. The summed E-state index contributed by atoms with van der Waals surface area (Å²) >= 11 is 5.84. The van der Waals surface area contributed by atoms with E-state index in [1.165, 1.54) is 18.2 Å². The van der Waals surface area contributed by atoms with Gasteiger partial charge in [0.2, 0.25) is 5.91 Å². The summed E-state index contributed by atoms with van der Waals surface area (Å²) < 4.78 is 18.3. The Morgan fingerprint density at radius 1 is 1.60 bits per heavy atom. The van der Waals surface area contributed by atoms with E-state index in [0.29, 0.717) is 5.75 Å². The summed E-state index contributed by atoms with van der Waals surface area (Å²) in [5.41, 5.74) is 0. The van der Waals surface area contributed by atoms with Gasteiger partial charge in [0.1, 0.15) is 11.6 Å². The highest BCUT2D eigenvalue weighted by Gasteiger charge is 2.22. The topological polar surface area (TPSA) is 41.6 Å². The Bertz CT molecular complexity index is 478. The molecule has 0 radical (unpaired) electrons. The Morgan fingerprint density at radius 2 is 2.40 bits per heavy atom. The van der Waals surface area contributed by atoms with Gasteiger partial charge in [0.05, 0.1) is 18.1 Å². The monoisotopic (exact) mass is 300 g/mol. The highest BCUT2D eigenvalue weighted by molar-refractivity contribution is 6.32. The first-order valence-corrected chi connectivity index (χ1v) is 7.00. The molecule has 6 heteroatoms. The lowest BCUT2D eigenvalue weighted by molar-refractivity contribution is -0.132. The van der Waals surface area contributed by atoms with Crippen molar-refractivity contribution in [2.45, 2.75) is 18.9 Å². The summed E-state index contributed by atoms with van der Waals surface area (Å²) in [5.74, 6) is 0.0230. The van der Waals surface area contributed by atoms with Gasteiger partial charge < -0.3 is 15.0 Å². The third-order valence-corrected chi connectivity index (χ3v) is 3.74. The van der Waals surface area contributed by atoms with E-state index < -0.39 is 5.82 Å². The van der Waals surface area contributed by atoms with Gasteiger partial charge in [-0.25, -0.2) is 4.39 Å². The zero-order chi connectivity index (χ0) is 14.5. The molecule has 0 aliphatic carbocycles. The molecule has 1 N–H and O–H groups in total. The predicted octanol–water partition coefficient (Wildman–Crippen LogP) is 2.07. The van der Waals surface area contributed by atoms with Gasteiger partial charge in [-0.1, -0.05) is 11.6 Å². The molecule has 0 aromatic heterocycles. The molecule has 1 unspecified atom stereocenters. The van der Waals surface area contributed by atoms with Gasteiger partial charge in [0, 0.05) is 19.6 Å². The van der Waals surface area contributed by atoms with Crippen molar-refractivity contribution in [1.29, 1.82) is 0 Å². The predicted molar refractivity (Wildman–Crippen MR) is 75.6 cm³/mol. The van der Waals surface area contributed by atoms with Crippen LogP contribution >= 0.6 is 11.6 Å². The fourth-order valence-corrected chi connectivity index (χ4v) is 2.41. The summed E-state index contributed by atoms with van der Waals surface area (Å²) in [5, 5.41) is 3.44. The minimum atomic E-state index is -0.410. The summed E-state index contributed by atoms with van der Waals surface area (Å²) in [4.78, 5) is 13.7. The number of hydrogen-bond acceptors (Lipinski definition) is 3. The fourth-order valence-electron chi connectivity index (χ4n) is 2.19. The molecule has 1 aromatic rings. The number of amides is 1. The number of ether oxygens (including phenoxy) is 1. The third kappa shape index (κ3) is 3.84. The molecule has 1 heterocycles. The second-order valence-electron chi connectivity index (χ2n) is 4.82. The van der Waals surface area contributed by atoms with Crippen molar-refractivity contribution in [3.8, 4) is 5.75 Å². The molecule has 1 aliphatic rings. The van der Waals surface area contributed by atoms with Crippen molar-refractivity contribution in [2.75, 3.05) is 26.7 Å². The number of carbonyl (C=O) groups excluding carboxylic acids is 1. The molecule has 110 valence electrons. The summed E-state index contributed by atoms with van der Waals surface area (Å²) in [6, 6.07) is 4.19. The molecule has 1 saturated heterocycles. The van der Waals surface area contributed by atoms with Crippen molar-refractivity contribution in [2.24, 2.45) is 0 Å². The Morgan fingerprint density at radius 3 is 3.05 bits per heavy atom. The second-order valence-corrected chi connectivity index (χ2v) is 5.23. The van der Waals surface area contributed by atoms with Crippen LogP contribution in [0.25, 0.3) is 0 Å². The number of nitrogens with one attached hydrogen (secondary N) is 1. The van der Waals surface area contributed by atoms with Crippen LogP contribution in [0.15, 0.2) is 18.2 Å². The molecular formula is C14H18ClFN2O2. The number of nitrogens with zero attached hydrogens (tertiary/aromatic N) is 1. The lowest BCUT2D eigenvalue weighted by Crippen LogP contribution is -2.38. The largest absolute Gasteiger partial charge is 0.491 e. The fraction of sp³-hybridized carbons (Fsp3) is 0.500. The first kappa shape index (κ1) is 15.1. The third-order valence-electron chi connectivity index (χ3n) is 3.44. The van der Waals surface area contributed by atoms with Gasteiger partial charge in [-0.2, -0.15) is 0 Å². The zero-order valence-electron chi connectivity index (χ0n) is 11.4. The minimum absolute atomic E-state index is 0.0388. The normalized spacial score (nSPS) is 18.1. The van der Waals surface area contributed by atoms with Crippen LogP contribution in [0.4, 0.5) is 4.39 Å². The van der Waals surface area contributed by atoms with Crippen LogP contribution in [0.5, 0.6) is 5.75 Å². The quantitative estimate of drug-likeness (QED) is 0.905. The number of likely N-dealkylation sites (N-methyl/N-ethyl adjacent to an activating group) is 1. The highest BCUT2D eigenvalue weighted by Crippen LogP contribution is 2.24. The Balaban J connectivity index is 1.78. The maximum Gasteiger partial charge on any atom is 0.226 e. The van der Waals surface area contributed by atoms with E-state index in [1.54, 1.807) is 4.90 Å². The molecule has 0 bridgehead atoms. The summed E-state index contributed by atoms with van der Waals surface area (Å²) in [7, 11) is 1.81. The standard InChI is InChI=1S/C14H18ClFN2O2/c1-18(11-4-6-17-9-11)14(19)5-7-20-13-3-2-10(16)8-12(13)15/h2-3,8,11,17H,4-7,9H2,1H3. The summed E-state index contributed by atoms with van der Waals surface area (Å²) in [6.45, 7) is 2.02. The Labute approximate surface area is 122 Å². The van der Waals surface area contributed by atoms with Gasteiger partial charge in [-0.3, -0.25) is 4.79 Å². The van der Waals surface area contributed by atoms with Crippen LogP contribution in [0.2, 0.25) is 5.02 Å². The van der Waals surface area contributed by atoms with E-state index in [0.717, 1.165) is 19.5 Å². The smallest absolute Gasteiger partial charge is 0.226 e. The molecule has 1 aliphatic heterocycles. The number of rotatable bonds is 5. The zero-order valence-corrected chi connectivity index (χ0v) is 12.1. The first-order valence-electron chi connectivity index (χ1n) is 6.62. The van der Waals surface area contributed by atoms with E-state index >= 15 is 0 Å². The Kier molecular flexibility index (Phi) is 5.20. The van der Waals surface area contributed by atoms with E-state index in [9.17, 15) is 9.18 Å². The Hall–Kier alpha value is -1.33. The lowest BCUT2D eigenvalue weighted by Gasteiger charge is -2.23. The van der Waals surface area contributed by atoms with Crippen LogP contribution in [-0.2, 0) is 4.79 Å². The van der Waals surface area contributed by atoms with E-state index in [4.69, 9.17) is 16.3 Å². The number of hydrogen-bond donors (Lipinski definition) is 1. The first-order chi connectivity index (χ1) is 9.58. The molecule has 20 heavy (non-hydrogen) atoms. The number of carbonyl (C=O) groups is 1. The average Bonchev–Trinajstić information content (AvgIpc) is 2.94. The molecular weight excluding hydrogens is 283 g/mol. The van der Waals surface area contributed by atoms with Gasteiger partial charge in [0.15, 0.2) is 0 Å². The van der Waals surface area contributed by atoms with Crippen molar-refractivity contribution in [3.05, 3.63) is 29.0 Å². The van der Waals surface area contributed by atoms with Crippen molar-refractivity contribution in [1.82, 2.24) is 10.2 Å². The number of halogens is 2. The van der Waals surface area contributed by atoms with E-state index in [1.807, 2.05) is 7.05 Å². The van der Waals surface area contributed by atoms with Crippen LogP contribution in [0, 0.1) is 5.82 Å².